The van der Waals surface area contributed by atoms with Crippen LogP contribution in [0.1, 0.15) is 6.99 Å². The summed E-state index contributed by atoms with van der Waals surface area (Å²) in [5, 5.41) is 1.85. The summed E-state index contributed by atoms with van der Waals surface area (Å²) in [5.41, 5.74) is 0.849. The Labute approximate surface area is 108 Å². The molecule has 1 aromatic rings. The predicted molar refractivity (Wildman–Crippen MR) is 52.4 cm³/mol. The van der Waals surface area contributed by atoms with Gasteiger partial charge in [-0.25, -0.2) is 4.21 Å². The Hall–Kier alpha value is 0.360. The third kappa shape index (κ3) is 5.62. The molecular formula is C8H8ClNaO2S. The summed E-state index contributed by atoms with van der Waals surface area (Å²) in [6.45, 7) is 0. The molecule has 0 saturated heterocycles. The third-order valence-corrected chi connectivity index (χ3v) is 1.87. The molecule has 0 aliphatic rings. The molecule has 1 N–H and O–H groups in total. The normalized spacial score (nSPS) is 12.5. The van der Waals surface area contributed by atoms with Gasteiger partial charge in [0.05, 0.1) is 0 Å². The van der Waals surface area contributed by atoms with Gasteiger partial charge in [-0.2, -0.15) is 0 Å². The largest absolute Gasteiger partial charge is 1.00 e. The summed E-state index contributed by atoms with van der Waals surface area (Å²) in [4.78, 5) is 0. The summed E-state index contributed by atoms with van der Waals surface area (Å²) >= 11 is 3.76. The third-order valence-electron chi connectivity index (χ3n) is 1.25. The Balaban J connectivity index is 0. The van der Waals surface area contributed by atoms with Crippen molar-refractivity contribution in [1.82, 2.24) is 0 Å². The number of hydrogen-bond acceptors (Lipinski definition) is 1. The second kappa shape index (κ2) is 6.76. The van der Waals surface area contributed by atoms with Gasteiger partial charge in [-0.1, -0.05) is 23.7 Å². The standard InChI is InChI=1S/C8H7ClO2S.Na.H/c9-8-3-1-7(2-4-8)5-6-12(10)11;;/h1-6H,(H,10,11);;/q;+1;-1. The van der Waals surface area contributed by atoms with E-state index in [0.29, 0.717) is 5.02 Å². The second-order valence-electron chi connectivity index (χ2n) is 2.13. The van der Waals surface area contributed by atoms with E-state index in [2.05, 4.69) is 0 Å². The van der Waals surface area contributed by atoms with E-state index in [1.165, 1.54) is 5.41 Å². The molecule has 5 heteroatoms. The van der Waals surface area contributed by atoms with Crippen LogP contribution >= 0.6 is 11.6 Å². The topological polar surface area (TPSA) is 37.3 Å². The zero-order chi connectivity index (χ0) is 8.97. The first-order valence-electron chi connectivity index (χ1n) is 3.22. The van der Waals surface area contributed by atoms with Crippen molar-refractivity contribution >= 4 is 28.8 Å². The molecule has 0 aliphatic heterocycles. The van der Waals surface area contributed by atoms with Gasteiger partial charge in [-0.3, -0.25) is 0 Å². The predicted octanol–water partition coefficient (Wildman–Crippen LogP) is -0.351. The summed E-state index contributed by atoms with van der Waals surface area (Å²) < 4.78 is 18.7. The fourth-order valence-electron chi connectivity index (χ4n) is 0.711. The molecule has 66 valence electrons. The Kier molecular flexibility index (Phi) is 6.95. The molecule has 0 saturated carbocycles. The number of hydrogen-bond donors (Lipinski definition) is 1. The molecular weight excluding hydrogens is 219 g/mol. The van der Waals surface area contributed by atoms with Gasteiger partial charge in [0.2, 0.25) is 0 Å². The van der Waals surface area contributed by atoms with Crippen molar-refractivity contribution in [3.8, 4) is 0 Å². The average Bonchev–Trinajstić information content (AvgIpc) is 2.03. The fourth-order valence-corrected chi connectivity index (χ4v) is 1.11. The molecule has 0 spiro atoms. The van der Waals surface area contributed by atoms with Gasteiger partial charge >= 0.3 is 29.6 Å². The minimum atomic E-state index is -1.88. The van der Waals surface area contributed by atoms with Gasteiger partial charge < -0.3 is 5.98 Å². The van der Waals surface area contributed by atoms with Crippen molar-refractivity contribution in [1.29, 1.82) is 0 Å². The first kappa shape index (κ1) is 13.4. The van der Waals surface area contributed by atoms with E-state index in [1.54, 1.807) is 30.3 Å². The van der Waals surface area contributed by atoms with Crippen molar-refractivity contribution in [2.24, 2.45) is 0 Å². The van der Waals surface area contributed by atoms with E-state index < -0.39 is 11.1 Å². The zero-order valence-corrected chi connectivity index (χ0v) is 10.7. The molecule has 0 heterocycles. The quantitative estimate of drug-likeness (QED) is 0.553. The maximum atomic E-state index is 10.2. The van der Waals surface area contributed by atoms with Crippen LogP contribution in [0.4, 0.5) is 0 Å². The first-order valence-corrected chi connectivity index (χ1v) is 4.77. The molecule has 0 amide bonds. The molecule has 0 aromatic heterocycles. The Bertz CT molecular complexity index is 316. The summed E-state index contributed by atoms with van der Waals surface area (Å²) in [7, 11) is 0. The Morgan fingerprint density at radius 3 is 2.38 bits per heavy atom. The SMILES string of the molecule is O=S(O)C=Cc1ccc(Cl)cc1.[H-].[Na+]. The van der Waals surface area contributed by atoms with Crippen LogP contribution in [0.5, 0.6) is 0 Å². The van der Waals surface area contributed by atoms with Gasteiger partial charge in [-0.05, 0) is 23.8 Å². The summed E-state index contributed by atoms with van der Waals surface area (Å²) in [6.07, 6.45) is 1.56. The Morgan fingerprint density at radius 2 is 1.92 bits per heavy atom. The van der Waals surface area contributed by atoms with Crippen LogP contribution in [0, 0.1) is 0 Å². The molecule has 13 heavy (non-hydrogen) atoms. The van der Waals surface area contributed by atoms with E-state index in [0.717, 1.165) is 5.56 Å². The van der Waals surface area contributed by atoms with E-state index >= 15 is 0 Å². The maximum absolute atomic E-state index is 10.2. The van der Waals surface area contributed by atoms with Crippen LogP contribution in [0.25, 0.3) is 6.08 Å². The van der Waals surface area contributed by atoms with E-state index in [-0.39, 0.29) is 31.0 Å². The van der Waals surface area contributed by atoms with Crippen LogP contribution < -0.4 is 29.6 Å². The van der Waals surface area contributed by atoms with Crippen molar-refractivity contribution in [2.75, 3.05) is 0 Å². The molecule has 0 bridgehead atoms. The van der Waals surface area contributed by atoms with Gasteiger partial charge in [-0.15, -0.1) is 0 Å². The first-order chi connectivity index (χ1) is 5.68. The van der Waals surface area contributed by atoms with Crippen molar-refractivity contribution in [3.63, 3.8) is 0 Å². The monoisotopic (exact) mass is 226 g/mol. The van der Waals surface area contributed by atoms with Gasteiger partial charge in [0, 0.05) is 10.4 Å². The van der Waals surface area contributed by atoms with Crippen LogP contribution in [0.3, 0.4) is 0 Å². The van der Waals surface area contributed by atoms with Crippen LogP contribution in [-0.4, -0.2) is 8.76 Å². The van der Waals surface area contributed by atoms with Crippen LogP contribution in [0.2, 0.25) is 5.02 Å². The van der Waals surface area contributed by atoms with E-state index in [4.69, 9.17) is 16.2 Å². The molecule has 1 unspecified atom stereocenters. The minimum absolute atomic E-state index is 0. The summed E-state index contributed by atoms with van der Waals surface area (Å²) in [6, 6.07) is 6.99. The molecule has 1 aromatic carbocycles. The fraction of sp³-hybridized carbons (Fsp3) is 0. The number of rotatable bonds is 2. The zero-order valence-electron chi connectivity index (χ0n) is 8.11. The Morgan fingerprint density at radius 1 is 1.38 bits per heavy atom. The average molecular weight is 227 g/mol. The number of benzene rings is 1. The van der Waals surface area contributed by atoms with Crippen LogP contribution in [-0.2, 0) is 11.1 Å². The second-order valence-corrected chi connectivity index (χ2v) is 3.39. The smallest absolute Gasteiger partial charge is 1.00 e. The summed E-state index contributed by atoms with van der Waals surface area (Å²) in [5.74, 6) is 0. The molecule has 1 rings (SSSR count). The van der Waals surface area contributed by atoms with Gasteiger partial charge in [0.15, 0.2) is 11.1 Å². The molecule has 0 fully saturated rings. The molecule has 1 atom stereocenters. The van der Waals surface area contributed by atoms with Gasteiger partial charge in [0.1, 0.15) is 0 Å². The van der Waals surface area contributed by atoms with E-state index in [9.17, 15) is 4.21 Å². The number of halogens is 1. The van der Waals surface area contributed by atoms with Crippen molar-refractivity contribution in [2.45, 2.75) is 0 Å². The molecule has 0 aliphatic carbocycles. The van der Waals surface area contributed by atoms with Gasteiger partial charge in [0.25, 0.3) is 0 Å². The van der Waals surface area contributed by atoms with E-state index in [1.807, 2.05) is 0 Å². The molecule has 2 nitrogen and oxygen atoms in total. The minimum Gasteiger partial charge on any atom is -1.00 e. The van der Waals surface area contributed by atoms with Crippen molar-refractivity contribution in [3.05, 3.63) is 40.3 Å². The molecule has 0 radical (unpaired) electrons. The van der Waals surface area contributed by atoms with Crippen molar-refractivity contribution < 1.29 is 39.7 Å². The maximum Gasteiger partial charge on any atom is 1.00 e. The van der Waals surface area contributed by atoms with Crippen LogP contribution in [0.15, 0.2) is 29.7 Å².